The Morgan fingerprint density at radius 1 is 0.871 bits per heavy atom. The van der Waals surface area contributed by atoms with E-state index in [2.05, 4.69) is 21.6 Å². The number of nitrogens with one attached hydrogen (secondary N) is 2. The average Bonchev–Trinajstić information content (AvgIpc) is 2.81. The molecular formula is C22H28N4O3S2. The lowest BCUT2D eigenvalue weighted by atomic mass is 10.1. The molecule has 0 atom stereocenters. The van der Waals surface area contributed by atoms with Gasteiger partial charge in [-0.3, -0.25) is 0 Å². The molecule has 0 bridgehead atoms. The van der Waals surface area contributed by atoms with Crippen molar-refractivity contribution in [1.82, 2.24) is 4.31 Å². The molecule has 0 aromatic heterocycles. The fourth-order valence-electron chi connectivity index (χ4n) is 3.92. The third-order valence-corrected chi connectivity index (χ3v) is 7.69. The molecular weight excluding hydrogens is 432 g/mol. The van der Waals surface area contributed by atoms with Crippen molar-refractivity contribution in [1.29, 1.82) is 0 Å². The van der Waals surface area contributed by atoms with Gasteiger partial charge in [0.25, 0.3) is 0 Å². The van der Waals surface area contributed by atoms with Crippen molar-refractivity contribution in [3.8, 4) is 0 Å². The van der Waals surface area contributed by atoms with Crippen LogP contribution in [0.5, 0.6) is 0 Å². The number of thiocarbonyl (C=S) groups is 1. The van der Waals surface area contributed by atoms with Crippen molar-refractivity contribution in [2.24, 2.45) is 0 Å². The van der Waals surface area contributed by atoms with Crippen molar-refractivity contribution in [3.05, 3.63) is 48.5 Å². The summed E-state index contributed by atoms with van der Waals surface area (Å²) in [5.41, 5.74) is 2.85. The summed E-state index contributed by atoms with van der Waals surface area (Å²) in [6, 6.07) is 14.9. The number of para-hydroxylation sites is 2. The Bertz CT molecular complexity index is 1000. The third-order valence-electron chi connectivity index (χ3n) is 5.57. The van der Waals surface area contributed by atoms with E-state index in [4.69, 9.17) is 17.0 Å². The van der Waals surface area contributed by atoms with Gasteiger partial charge in [0.05, 0.1) is 29.5 Å². The highest BCUT2D eigenvalue weighted by molar-refractivity contribution is 7.89. The van der Waals surface area contributed by atoms with Crippen LogP contribution in [0.25, 0.3) is 0 Å². The molecule has 2 fully saturated rings. The van der Waals surface area contributed by atoms with Gasteiger partial charge in [-0.25, -0.2) is 8.42 Å². The standard InChI is InChI=1S/C22H28N4O3S2/c27-31(28,26-14-16-29-17-15-26)19-10-8-18(9-11-19)23-22(30)24-20-6-2-3-7-21(20)25-12-4-1-5-13-25/h2-3,6-11H,1,4-5,12-17H2,(H2,23,24,30). The molecule has 2 aromatic carbocycles. The van der Waals surface area contributed by atoms with E-state index in [0.29, 0.717) is 31.4 Å². The lowest BCUT2D eigenvalue weighted by molar-refractivity contribution is 0.0730. The van der Waals surface area contributed by atoms with E-state index in [9.17, 15) is 8.42 Å². The summed E-state index contributed by atoms with van der Waals surface area (Å²) < 4.78 is 32.2. The van der Waals surface area contributed by atoms with Gasteiger partial charge in [-0.2, -0.15) is 4.31 Å². The molecule has 0 aliphatic carbocycles. The van der Waals surface area contributed by atoms with Crippen molar-refractivity contribution in [2.45, 2.75) is 24.2 Å². The van der Waals surface area contributed by atoms with Gasteiger partial charge in [0, 0.05) is 31.9 Å². The third kappa shape index (κ3) is 5.35. The summed E-state index contributed by atoms with van der Waals surface area (Å²) in [6.45, 7) is 3.73. The lowest BCUT2D eigenvalue weighted by Crippen LogP contribution is -2.40. The van der Waals surface area contributed by atoms with Gasteiger partial charge in [-0.15, -0.1) is 0 Å². The molecule has 2 aliphatic heterocycles. The Hall–Kier alpha value is -2.20. The second-order valence-electron chi connectivity index (χ2n) is 7.68. The minimum absolute atomic E-state index is 0.272. The number of anilines is 3. The van der Waals surface area contributed by atoms with E-state index < -0.39 is 10.0 Å². The molecule has 4 rings (SSSR count). The van der Waals surface area contributed by atoms with Gasteiger partial charge in [0.2, 0.25) is 10.0 Å². The van der Waals surface area contributed by atoms with Gasteiger partial charge < -0.3 is 20.3 Å². The van der Waals surface area contributed by atoms with Gasteiger partial charge in [-0.05, 0) is 67.9 Å². The Kier molecular flexibility index (Phi) is 7.06. The zero-order valence-electron chi connectivity index (χ0n) is 17.4. The van der Waals surface area contributed by atoms with Crippen LogP contribution in [0.2, 0.25) is 0 Å². The van der Waals surface area contributed by atoms with E-state index >= 15 is 0 Å². The summed E-state index contributed by atoms with van der Waals surface area (Å²) in [7, 11) is -3.50. The maximum absolute atomic E-state index is 12.8. The van der Waals surface area contributed by atoms with E-state index in [1.165, 1.54) is 23.6 Å². The maximum Gasteiger partial charge on any atom is 0.243 e. The Balaban J connectivity index is 1.40. The molecule has 2 aliphatic rings. The molecule has 166 valence electrons. The summed E-state index contributed by atoms with van der Waals surface area (Å²) >= 11 is 5.51. The van der Waals surface area contributed by atoms with Crippen LogP contribution in [0.15, 0.2) is 53.4 Å². The molecule has 2 N–H and O–H groups in total. The molecule has 9 heteroatoms. The number of benzene rings is 2. The largest absolute Gasteiger partial charge is 0.379 e. The summed E-state index contributed by atoms with van der Waals surface area (Å²) in [5.74, 6) is 0. The second kappa shape index (κ2) is 9.95. The first-order valence-electron chi connectivity index (χ1n) is 10.6. The van der Waals surface area contributed by atoms with Crippen LogP contribution in [0.4, 0.5) is 17.1 Å². The number of ether oxygens (including phenoxy) is 1. The quantitative estimate of drug-likeness (QED) is 0.662. The van der Waals surface area contributed by atoms with Gasteiger partial charge >= 0.3 is 0 Å². The molecule has 2 heterocycles. The van der Waals surface area contributed by atoms with Crippen LogP contribution in [-0.2, 0) is 14.8 Å². The van der Waals surface area contributed by atoms with E-state index in [-0.39, 0.29) is 4.90 Å². The first kappa shape index (κ1) is 22.0. The smallest absolute Gasteiger partial charge is 0.243 e. The number of piperidine rings is 1. The molecule has 2 saturated heterocycles. The number of sulfonamides is 1. The number of nitrogens with zero attached hydrogens (tertiary/aromatic N) is 2. The molecule has 0 saturated carbocycles. The average molecular weight is 461 g/mol. The van der Waals surface area contributed by atoms with Crippen LogP contribution in [-0.4, -0.2) is 57.2 Å². The molecule has 0 radical (unpaired) electrons. The van der Waals surface area contributed by atoms with Crippen LogP contribution in [0, 0.1) is 0 Å². The molecule has 7 nitrogen and oxygen atoms in total. The van der Waals surface area contributed by atoms with Crippen molar-refractivity contribution in [3.63, 3.8) is 0 Å². The summed E-state index contributed by atoms with van der Waals surface area (Å²) in [5, 5.41) is 6.91. The fourth-order valence-corrected chi connectivity index (χ4v) is 5.56. The highest BCUT2D eigenvalue weighted by Crippen LogP contribution is 2.28. The minimum Gasteiger partial charge on any atom is -0.379 e. The second-order valence-corrected chi connectivity index (χ2v) is 10.0. The van der Waals surface area contributed by atoms with E-state index in [1.807, 2.05) is 18.2 Å². The number of hydrogen-bond donors (Lipinski definition) is 2. The highest BCUT2D eigenvalue weighted by Gasteiger charge is 2.26. The molecule has 0 amide bonds. The molecule has 0 spiro atoms. The normalized spacial score (nSPS) is 17.9. The number of hydrogen-bond acceptors (Lipinski definition) is 5. The van der Waals surface area contributed by atoms with Crippen molar-refractivity contribution in [2.75, 3.05) is 54.9 Å². The number of rotatable bonds is 5. The van der Waals surface area contributed by atoms with Gasteiger partial charge in [-0.1, -0.05) is 12.1 Å². The zero-order valence-corrected chi connectivity index (χ0v) is 19.1. The predicted octanol–water partition coefficient (Wildman–Crippen LogP) is 3.51. The predicted molar refractivity (Wildman–Crippen MR) is 128 cm³/mol. The van der Waals surface area contributed by atoms with Crippen molar-refractivity contribution < 1.29 is 13.2 Å². The van der Waals surface area contributed by atoms with Crippen LogP contribution >= 0.6 is 12.2 Å². The zero-order chi connectivity index (χ0) is 21.7. The van der Waals surface area contributed by atoms with Crippen LogP contribution in [0.3, 0.4) is 0 Å². The van der Waals surface area contributed by atoms with Crippen LogP contribution < -0.4 is 15.5 Å². The highest BCUT2D eigenvalue weighted by atomic mass is 32.2. The lowest BCUT2D eigenvalue weighted by Gasteiger charge is -2.30. The molecule has 2 aromatic rings. The maximum atomic E-state index is 12.8. The summed E-state index contributed by atoms with van der Waals surface area (Å²) in [4.78, 5) is 2.66. The van der Waals surface area contributed by atoms with Crippen molar-refractivity contribution >= 4 is 44.4 Å². The Labute approximate surface area is 189 Å². The van der Waals surface area contributed by atoms with Gasteiger partial charge in [0.15, 0.2) is 5.11 Å². The Morgan fingerprint density at radius 3 is 2.26 bits per heavy atom. The van der Waals surface area contributed by atoms with Gasteiger partial charge in [0.1, 0.15) is 0 Å². The minimum atomic E-state index is -3.50. The molecule has 31 heavy (non-hydrogen) atoms. The SMILES string of the molecule is O=S(=O)(c1ccc(NC(=S)Nc2ccccc2N2CCCCC2)cc1)N1CCOCC1. The summed E-state index contributed by atoms with van der Waals surface area (Å²) in [6.07, 6.45) is 3.69. The van der Waals surface area contributed by atoms with E-state index in [0.717, 1.165) is 30.2 Å². The monoisotopic (exact) mass is 460 g/mol. The topological polar surface area (TPSA) is 73.9 Å². The fraction of sp³-hybridized carbons (Fsp3) is 0.409. The first-order chi connectivity index (χ1) is 15.0. The first-order valence-corrected chi connectivity index (χ1v) is 12.5. The van der Waals surface area contributed by atoms with Crippen LogP contribution in [0.1, 0.15) is 19.3 Å². The van der Waals surface area contributed by atoms with E-state index in [1.54, 1.807) is 24.3 Å². The number of morpholine rings is 1. The molecule has 0 unspecified atom stereocenters. The Morgan fingerprint density at radius 2 is 1.55 bits per heavy atom.